The SMILES string of the molecule is CC(=O)O[C@H](C[C@H](C(C)C)N(C)C(=O)[C@@H](NC(=O)[C@H]1CC2CCN1CC2)[C@@H](C)C1CC1)c1nc(C(=O)N[C@@H](Cc2ncc(C(F)(F)F)cn2)C[C@H](C)C(=O)O)cs1. The zero-order valence-electron chi connectivity index (χ0n) is 33.3. The number of alkyl halides is 3. The van der Waals surface area contributed by atoms with E-state index in [1.54, 1.807) is 11.9 Å². The highest BCUT2D eigenvalue weighted by atomic mass is 32.1. The fourth-order valence-corrected chi connectivity index (χ4v) is 8.87. The molecule has 2 aromatic heterocycles. The third kappa shape index (κ3) is 11.5. The molecule has 57 heavy (non-hydrogen) atoms. The van der Waals surface area contributed by atoms with Crippen LogP contribution in [0.2, 0.25) is 0 Å². The molecule has 2 bridgehead atoms. The van der Waals surface area contributed by atoms with Gasteiger partial charge < -0.3 is 25.4 Å². The Morgan fingerprint density at radius 3 is 2.19 bits per heavy atom. The van der Waals surface area contributed by atoms with Crippen molar-refractivity contribution in [3.05, 3.63) is 39.9 Å². The maximum Gasteiger partial charge on any atom is 0.419 e. The highest BCUT2D eigenvalue weighted by molar-refractivity contribution is 7.09. The standard InChI is InChI=1S/C39H54F3N7O7S/c1-20(2)29(48(6)37(53)33(22(4)25-7-8-25)47-35(52)30-14-24-9-11-49(30)12-10-24)16-31(56-23(5)50)36-46-28(19-57-36)34(51)45-27(13-21(3)38(54)55)15-32-43-17-26(18-44-32)39(40,41)42/h17-22,24-25,27,29-31,33H,7-16H2,1-6H3,(H,45,51)(H,47,52)(H,54,55)/t21-,22-,27+,29+,30+,31+,33-/m0/s1. The molecule has 4 fully saturated rings. The van der Waals surface area contributed by atoms with Crippen molar-refractivity contribution >= 4 is 41.0 Å². The first kappa shape index (κ1) is 43.9. The third-order valence-corrected chi connectivity index (χ3v) is 12.6. The zero-order chi connectivity index (χ0) is 41.8. The van der Waals surface area contributed by atoms with E-state index in [-0.39, 0.29) is 60.5 Å². The van der Waals surface area contributed by atoms with Crippen LogP contribution in [0.1, 0.15) is 113 Å². The van der Waals surface area contributed by atoms with Crippen molar-refractivity contribution in [2.75, 3.05) is 20.1 Å². The second kappa shape index (κ2) is 18.6. The molecule has 0 spiro atoms. The maximum atomic E-state index is 14.4. The molecule has 6 rings (SSSR count). The largest absolute Gasteiger partial charge is 0.481 e. The molecule has 2 aromatic rings. The minimum atomic E-state index is -4.64. The monoisotopic (exact) mass is 821 g/mol. The Balaban J connectivity index is 1.31. The molecular weight excluding hydrogens is 768 g/mol. The van der Waals surface area contributed by atoms with Crippen molar-refractivity contribution in [1.29, 1.82) is 0 Å². The zero-order valence-corrected chi connectivity index (χ0v) is 34.1. The highest BCUT2D eigenvalue weighted by Gasteiger charge is 2.44. The molecule has 3 saturated heterocycles. The van der Waals surface area contributed by atoms with Crippen molar-refractivity contribution in [3.8, 4) is 0 Å². The van der Waals surface area contributed by atoms with Crippen molar-refractivity contribution in [2.24, 2.45) is 29.6 Å². The van der Waals surface area contributed by atoms with Crippen molar-refractivity contribution in [2.45, 2.75) is 122 Å². The number of nitrogens with zero attached hydrogens (tertiary/aromatic N) is 5. The van der Waals surface area contributed by atoms with Crippen LogP contribution in [-0.4, -0.2) is 104 Å². The number of carboxylic acids is 1. The average molecular weight is 822 g/mol. The van der Waals surface area contributed by atoms with E-state index in [2.05, 4.69) is 30.5 Å². The van der Waals surface area contributed by atoms with Crippen molar-refractivity contribution < 1.29 is 47.0 Å². The average Bonchev–Trinajstić information content (AvgIpc) is 3.90. The normalized spacial score (nSPS) is 22.5. The Hall–Kier alpha value is -4.19. The van der Waals surface area contributed by atoms with Gasteiger partial charge in [0.1, 0.15) is 22.6 Å². The summed E-state index contributed by atoms with van der Waals surface area (Å²) in [5.74, 6) is -3.03. The molecule has 1 aliphatic carbocycles. The van der Waals surface area contributed by atoms with Crippen molar-refractivity contribution in [3.63, 3.8) is 0 Å². The topological polar surface area (TPSA) is 184 Å². The van der Waals surface area contributed by atoms with Gasteiger partial charge in [-0.1, -0.05) is 27.7 Å². The molecule has 0 aromatic carbocycles. The van der Waals surface area contributed by atoms with Crippen LogP contribution in [0.3, 0.4) is 0 Å². The van der Waals surface area contributed by atoms with Gasteiger partial charge >= 0.3 is 18.1 Å². The van der Waals surface area contributed by atoms with Crippen LogP contribution in [0.4, 0.5) is 13.2 Å². The van der Waals surface area contributed by atoms with Gasteiger partial charge in [0.15, 0.2) is 6.10 Å². The molecule has 5 heterocycles. The Bertz CT molecular complexity index is 1750. The molecule has 18 heteroatoms. The number of amides is 3. The number of nitrogens with one attached hydrogen (secondary N) is 2. The molecule has 7 atom stereocenters. The van der Waals surface area contributed by atoms with Gasteiger partial charge in [0.05, 0.1) is 17.5 Å². The Labute approximate surface area is 334 Å². The van der Waals surface area contributed by atoms with Gasteiger partial charge in [-0.25, -0.2) is 15.0 Å². The number of carbonyl (C=O) groups excluding carboxylic acids is 4. The minimum Gasteiger partial charge on any atom is -0.481 e. The van der Waals surface area contributed by atoms with Crippen LogP contribution in [0.25, 0.3) is 0 Å². The number of aliphatic carboxylic acids is 1. The predicted octanol–water partition coefficient (Wildman–Crippen LogP) is 4.90. The molecule has 0 radical (unpaired) electrons. The van der Waals surface area contributed by atoms with Crippen LogP contribution in [0, 0.1) is 29.6 Å². The molecule has 314 valence electrons. The van der Waals surface area contributed by atoms with E-state index in [0.717, 1.165) is 56.5 Å². The number of thiazole rings is 1. The van der Waals surface area contributed by atoms with E-state index in [1.807, 2.05) is 20.8 Å². The highest BCUT2D eigenvalue weighted by Crippen LogP contribution is 2.40. The molecule has 3 amide bonds. The first-order valence-corrected chi connectivity index (χ1v) is 20.6. The molecular formula is C39H54F3N7O7S. The molecule has 14 nitrogen and oxygen atoms in total. The number of hydrogen-bond acceptors (Lipinski definition) is 11. The molecule has 4 aliphatic rings. The fourth-order valence-electron chi connectivity index (χ4n) is 8.03. The number of halogens is 3. The van der Waals surface area contributed by atoms with Crippen molar-refractivity contribution in [1.82, 2.24) is 35.4 Å². The number of ether oxygens (including phenoxy) is 1. The molecule has 1 saturated carbocycles. The quantitative estimate of drug-likeness (QED) is 0.174. The number of rotatable bonds is 18. The number of carbonyl (C=O) groups is 5. The summed E-state index contributed by atoms with van der Waals surface area (Å²) in [6.07, 6.45) is 0.551. The summed E-state index contributed by atoms with van der Waals surface area (Å²) in [5, 5.41) is 17.2. The second-order valence-electron chi connectivity index (χ2n) is 16.3. The first-order valence-electron chi connectivity index (χ1n) is 19.7. The number of likely N-dealkylation sites (N-methyl/N-ethyl adjacent to an activating group) is 1. The lowest BCUT2D eigenvalue weighted by atomic mass is 9.82. The van der Waals surface area contributed by atoms with E-state index in [9.17, 15) is 42.3 Å². The number of carboxylic acid groups (broad SMARTS) is 1. The summed E-state index contributed by atoms with van der Waals surface area (Å²) in [6, 6.07) is -2.32. The lowest BCUT2D eigenvalue weighted by molar-refractivity contribution is -0.149. The number of aromatic nitrogens is 3. The minimum absolute atomic E-state index is 0.0229. The lowest BCUT2D eigenvalue weighted by Crippen LogP contribution is -2.60. The smallest absolute Gasteiger partial charge is 0.419 e. The van der Waals surface area contributed by atoms with Gasteiger partial charge in [-0.05, 0) is 75.3 Å². The van der Waals surface area contributed by atoms with E-state index in [1.165, 1.54) is 19.2 Å². The molecule has 3 N–H and O–H groups in total. The van der Waals surface area contributed by atoms with Crippen LogP contribution in [0.15, 0.2) is 17.8 Å². The summed E-state index contributed by atoms with van der Waals surface area (Å²) in [6.45, 7) is 10.4. The predicted molar refractivity (Wildman–Crippen MR) is 203 cm³/mol. The van der Waals surface area contributed by atoms with Crippen LogP contribution in [-0.2, 0) is 36.5 Å². The lowest BCUT2D eigenvalue weighted by Gasteiger charge is -2.45. The molecule has 0 unspecified atom stereocenters. The number of hydrogen-bond donors (Lipinski definition) is 3. The number of piperidine rings is 3. The number of fused-ring (bicyclic) bond motifs is 3. The van der Waals surface area contributed by atoms with E-state index >= 15 is 0 Å². The maximum absolute atomic E-state index is 14.4. The third-order valence-electron chi connectivity index (χ3n) is 11.7. The van der Waals surface area contributed by atoms with E-state index < -0.39 is 59.7 Å². The Morgan fingerprint density at radius 2 is 1.67 bits per heavy atom. The summed E-state index contributed by atoms with van der Waals surface area (Å²) < 4.78 is 44.9. The van der Waals surface area contributed by atoms with Gasteiger partial charge in [0, 0.05) is 56.7 Å². The van der Waals surface area contributed by atoms with Gasteiger partial charge in [-0.2, -0.15) is 13.2 Å². The summed E-state index contributed by atoms with van der Waals surface area (Å²) >= 11 is 1.07. The summed E-state index contributed by atoms with van der Waals surface area (Å²) in [5.41, 5.74) is -1.09. The van der Waals surface area contributed by atoms with E-state index in [4.69, 9.17) is 4.74 Å². The Morgan fingerprint density at radius 1 is 1.02 bits per heavy atom. The van der Waals surface area contributed by atoms with Gasteiger partial charge in [-0.15, -0.1) is 11.3 Å². The number of esters is 1. The summed E-state index contributed by atoms with van der Waals surface area (Å²) in [7, 11) is 1.70. The van der Waals surface area contributed by atoms with Gasteiger partial charge in [0.25, 0.3) is 5.91 Å². The Kier molecular flexibility index (Phi) is 14.3. The van der Waals surface area contributed by atoms with Crippen LogP contribution >= 0.6 is 11.3 Å². The summed E-state index contributed by atoms with van der Waals surface area (Å²) in [4.78, 5) is 81.6. The van der Waals surface area contributed by atoms with Crippen LogP contribution < -0.4 is 10.6 Å². The van der Waals surface area contributed by atoms with Gasteiger partial charge in [0.2, 0.25) is 11.8 Å². The van der Waals surface area contributed by atoms with Gasteiger partial charge in [-0.3, -0.25) is 28.9 Å². The van der Waals surface area contributed by atoms with Crippen LogP contribution in [0.5, 0.6) is 0 Å². The van der Waals surface area contributed by atoms with E-state index in [0.29, 0.717) is 29.2 Å². The second-order valence-corrected chi connectivity index (χ2v) is 17.2. The molecule has 3 aliphatic heterocycles. The fraction of sp³-hybridized carbons (Fsp3) is 0.692. The first-order chi connectivity index (χ1) is 26.8.